The molecule has 2 unspecified atom stereocenters. The zero-order chi connectivity index (χ0) is 13.0. The molecule has 1 aliphatic carbocycles. The fourth-order valence-electron chi connectivity index (χ4n) is 2.16. The van der Waals surface area contributed by atoms with Crippen LogP contribution in [0.3, 0.4) is 0 Å². The van der Waals surface area contributed by atoms with E-state index in [1.165, 1.54) is 18.9 Å². The van der Waals surface area contributed by atoms with E-state index in [1.807, 2.05) is 0 Å². The Hall–Kier alpha value is -0.970. The molecule has 2 N–H and O–H groups in total. The Morgan fingerprint density at radius 2 is 2.17 bits per heavy atom. The van der Waals surface area contributed by atoms with E-state index < -0.39 is 6.10 Å². The Balaban J connectivity index is 1.87. The van der Waals surface area contributed by atoms with Crippen LogP contribution in [0, 0.1) is 11.7 Å². The maximum Gasteiger partial charge on any atom is 0.129 e. The van der Waals surface area contributed by atoms with E-state index in [4.69, 9.17) is 4.74 Å². The smallest absolute Gasteiger partial charge is 0.129 e. The normalized spacial score (nSPS) is 18.6. The molecule has 100 valence electrons. The van der Waals surface area contributed by atoms with E-state index in [0.29, 0.717) is 24.6 Å². The Morgan fingerprint density at radius 3 is 2.78 bits per heavy atom. The first kappa shape index (κ1) is 13.5. The van der Waals surface area contributed by atoms with Crippen LogP contribution in [0.15, 0.2) is 24.3 Å². The van der Waals surface area contributed by atoms with E-state index in [0.717, 1.165) is 0 Å². The summed E-state index contributed by atoms with van der Waals surface area (Å²) in [4.78, 5) is 0. The van der Waals surface area contributed by atoms with Gasteiger partial charge in [-0.1, -0.05) is 18.2 Å². The van der Waals surface area contributed by atoms with Crippen molar-refractivity contribution in [1.29, 1.82) is 0 Å². The summed E-state index contributed by atoms with van der Waals surface area (Å²) >= 11 is 0. The van der Waals surface area contributed by atoms with Gasteiger partial charge in [-0.2, -0.15) is 0 Å². The summed E-state index contributed by atoms with van der Waals surface area (Å²) in [5, 5.41) is 13.2. The summed E-state index contributed by atoms with van der Waals surface area (Å²) in [6.45, 7) is 0.986. The lowest BCUT2D eigenvalue weighted by atomic mass is 10.1. The van der Waals surface area contributed by atoms with Crippen molar-refractivity contribution < 1.29 is 14.2 Å². The standard InChI is InChI=1S/C14H20FNO2/c1-18-9-13(10-6-7-10)16-8-14(17)11-4-2-3-5-12(11)15/h2-5,10,13-14,16-17H,6-9H2,1H3. The highest BCUT2D eigenvalue weighted by atomic mass is 19.1. The Kier molecular flexibility index (Phi) is 4.69. The quantitative estimate of drug-likeness (QED) is 0.779. The summed E-state index contributed by atoms with van der Waals surface area (Å²) in [6.07, 6.45) is 1.59. The summed E-state index contributed by atoms with van der Waals surface area (Å²) < 4.78 is 18.6. The van der Waals surface area contributed by atoms with Gasteiger partial charge in [0, 0.05) is 25.3 Å². The monoisotopic (exact) mass is 253 g/mol. The number of hydrogen-bond donors (Lipinski definition) is 2. The molecule has 0 aliphatic heterocycles. The molecule has 1 aromatic rings. The molecule has 1 saturated carbocycles. The molecule has 1 aromatic carbocycles. The third kappa shape index (κ3) is 3.51. The number of aliphatic hydroxyl groups is 1. The van der Waals surface area contributed by atoms with E-state index in [-0.39, 0.29) is 11.9 Å². The zero-order valence-electron chi connectivity index (χ0n) is 10.6. The lowest BCUT2D eigenvalue weighted by Crippen LogP contribution is -2.37. The number of hydrogen-bond acceptors (Lipinski definition) is 3. The molecule has 0 radical (unpaired) electrons. The van der Waals surface area contributed by atoms with Gasteiger partial charge in [0.2, 0.25) is 0 Å². The second-order valence-electron chi connectivity index (χ2n) is 4.84. The van der Waals surface area contributed by atoms with Crippen LogP contribution in [-0.4, -0.2) is 31.4 Å². The van der Waals surface area contributed by atoms with Gasteiger partial charge in [0.1, 0.15) is 5.82 Å². The van der Waals surface area contributed by atoms with Crippen molar-refractivity contribution in [2.24, 2.45) is 5.92 Å². The van der Waals surface area contributed by atoms with Crippen molar-refractivity contribution in [3.63, 3.8) is 0 Å². The Morgan fingerprint density at radius 1 is 1.44 bits per heavy atom. The molecule has 0 spiro atoms. The number of nitrogens with one attached hydrogen (secondary N) is 1. The summed E-state index contributed by atoms with van der Waals surface area (Å²) in [7, 11) is 1.67. The highest BCUT2D eigenvalue weighted by Gasteiger charge is 2.31. The number of rotatable bonds is 7. The summed E-state index contributed by atoms with van der Waals surface area (Å²) in [5.41, 5.74) is 0.344. The molecule has 1 aliphatic rings. The Labute approximate surface area is 107 Å². The Bertz CT molecular complexity index is 382. The first-order valence-corrected chi connectivity index (χ1v) is 6.37. The average molecular weight is 253 g/mol. The first-order chi connectivity index (χ1) is 8.72. The van der Waals surface area contributed by atoms with Gasteiger partial charge in [-0.05, 0) is 24.8 Å². The SMILES string of the molecule is COCC(NCC(O)c1ccccc1F)C1CC1. The second kappa shape index (κ2) is 6.27. The number of aliphatic hydroxyl groups excluding tert-OH is 1. The molecule has 0 saturated heterocycles. The summed E-state index contributed by atoms with van der Waals surface area (Å²) in [6, 6.07) is 6.60. The number of methoxy groups -OCH3 is 1. The van der Waals surface area contributed by atoms with Gasteiger partial charge < -0.3 is 15.2 Å². The molecule has 0 amide bonds. The molecule has 2 atom stereocenters. The molecule has 0 heterocycles. The van der Waals surface area contributed by atoms with Gasteiger partial charge in [-0.15, -0.1) is 0 Å². The van der Waals surface area contributed by atoms with E-state index in [2.05, 4.69) is 5.32 Å². The van der Waals surface area contributed by atoms with Gasteiger partial charge in [-0.3, -0.25) is 0 Å². The minimum absolute atomic E-state index is 0.261. The van der Waals surface area contributed by atoms with Crippen LogP contribution in [0.4, 0.5) is 4.39 Å². The van der Waals surface area contributed by atoms with E-state index >= 15 is 0 Å². The summed E-state index contributed by atoms with van der Waals surface area (Å²) in [5.74, 6) is 0.277. The van der Waals surface area contributed by atoms with E-state index in [1.54, 1.807) is 25.3 Å². The molecule has 18 heavy (non-hydrogen) atoms. The lowest BCUT2D eigenvalue weighted by Gasteiger charge is -2.20. The first-order valence-electron chi connectivity index (χ1n) is 6.37. The van der Waals surface area contributed by atoms with Crippen LogP contribution in [-0.2, 0) is 4.74 Å². The highest BCUT2D eigenvalue weighted by Crippen LogP contribution is 2.32. The molecule has 1 fully saturated rings. The molecular formula is C14H20FNO2. The van der Waals surface area contributed by atoms with Crippen molar-refractivity contribution in [3.05, 3.63) is 35.6 Å². The molecule has 0 aromatic heterocycles. The van der Waals surface area contributed by atoms with Gasteiger partial charge in [-0.25, -0.2) is 4.39 Å². The van der Waals surface area contributed by atoms with Crippen LogP contribution < -0.4 is 5.32 Å². The van der Waals surface area contributed by atoms with Gasteiger partial charge in [0.15, 0.2) is 0 Å². The van der Waals surface area contributed by atoms with Crippen molar-refractivity contribution in [1.82, 2.24) is 5.32 Å². The largest absolute Gasteiger partial charge is 0.387 e. The van der Waals surface area contributed by atoms with Gasteiger partial charge in [0.05, 0.1) is 12.7 Å². The van der Waals surface area contributed by atoms with Crippen molar-refractivity contribution >= 4 is 0 Å². The van der Waals surface area contributed by atoms with Crippen molar-refractivity contribution in [2.75, 3.05) is 20.3 Å². The van der Waals surface area contributed by atoms with E-state index in [9.17, 15) is 9.50 Å². The van der Waals surface area contributed by atoms with Crippen LogP contribution in [0.2, 0.25) is 0 Å². The van der Waals surface area contributed by atoms with Gasteiger partial charge >= 0.3 is 0 Å². The molecule has 0 bridgehead atoms. The minimum Gasteiger partial charge on any atom is -0.387 e. The highest BCUT2D eigenvalue weighted by molar-refractivity contribution is 5.20. The van der Waals surface area contributed by atoms with Crippen LogP contribution in [0.5, 0.6) is 0 Å². The maximum atomic E-state index is 13.5. The fourth-order valence-corrected chi connectivity index (χ4v) is 2.16. The predicted molar refractivity (Wildman–Crippen MR) is 67.8 cm³/mol. The van der Waals surface area contributed by atoms with Crippen molar-refractivity contribution in [2.45, 2.75) is 25.0 Å². The third-order valence-corrected chi connectivity index (χ3v) is 3.37. The van der Waals surface area contributed by atoms with Crippen LogP contribution in [0.1, 0.15) is 24.5 Å². The second-order valence-corrected chi connectivity index (χ2v) is 4.84. The lowest BCUT2D eigenvalue weighted by molar-refractivity contribution is 0.130. The average Bonchev–Trinajstić information content (AvgIpc) is 3.19. The third-order valence-electron chi connectivity index (χ3n) is 3.37. The number of benzene rings is 1. The maximum absolute atomic E-state index is 13.5. The van der Waals surface area contributed by atoms with Crippen molar-refractivity contribution in [3.8, 4) is 0 Å². The molecular weight excluding hydrogens is 233 g/mol. The molecule has 4 heteroatoms. The van der Waals surface area contributed by atoms with Gasteiger partial charge in [0.25, 0.3) is 0 Å². The zero-order valence-corrected chi connectivity index (χ0v) is 10.6. The minimum atomic E-state index is -0.815. The predicted octanol–water partition coefficient (Wildman–Crippen LogP) is 1.87. The molecule has 2 rings (SSSR count). The van der Waals surface area contributed by atoms with Crippen LogP contribution >= 0.6 is 0 Å². The number of halogens is 1. The molecule has 3 nitrogen and oxygen atoms in total. The number of ether oxygens (including phenoxy) is 1. The van der Waals surface area contributed by atoms with Crippen LogP contribution in [0.25, 0.3) is 0 Å². The fraction of sp³-hybridized carbons (Fsp3) is 0.571. The topological polar surface area (TPSA) is 41.5 Å².